The molecule has 12 heteroatoms. The van der Waals surface area contributed by atoms with Crippen molar-refractivity contribution in [3.8, 4) is 124 Å². The fourth-order valence-electron chi connectivity index (χ4n) is 18.5. The van der Waals surface area contributed by atoms with Gasteiger partial charge in [0.25, 0.3) is 0 Å². The number of benzene rings is 18. The van der Waals surface area contributed by atoms with Crippen LogP contribution in [0.5, 0.6) is 0 Å². The van der Waals surface area contributed by atoms with E-state index in [1.807, 2.05) is 91.0 Å². The van der Waals surface area contributed by atoms with Crippen molar-refractivity contribution < 1.29 is 13.3 Å². The van der Waals surface area contributed by atoms with Crippen LogP contribution in [0, 0.1) is 0 Å². The van der Waals surface area contributed by atoms with E-state index in [0.717, 1.165) is 160 Å². The van der Waals surface area contributed by atoms with Crippen LogP contribution in [0.1, 0.15) is 0 Å². The van der Waals surface area contributed by atoms with Gasteiger partial charge in [0.2, 0.25) is 0 Å². The summed E-state index contributed by atoms with van der Waals surface area (Å²) in [4.78, 5) is 30.7. The molecular formula is C114H68N8O3S. The molecule has 0 atom stereocenters. The van der Waals surface area contributed by atoms with Gasteiger partial charge in [-0.1, -0.05) is 297 Å². The molecule has 126 heavy (non-hydrogen) atoms. The lowest BCUT2D eigenvalue weighted by molar-refractivity contribution is 0.669. The van der Waals surface area contributed by atoms with Crippen LogP contribution in [-0.2, 0) is 0 Å². The molecule has 26 rings (SSSR count). The number of furan rings is 3. The summed E-state index contributed by atoms with van der Waals surface area (Å²) < 4.78 is 27.2. The summed E-state index contributed by atoms with van der Waals surface area (Å²) in [6, 6.07) is 144. The van der Waals surface area contributed by atoms with Crippen molar-refractivity contribution in [1.29, 1.82) is 0 Å². The minimum atomic E-state index is 0.557. The highest BCUT2D eigenvalue weighted by atomic mass is 32.1. The predicted molar refractivity (Wildman–Crippen MR) is 517 cm³/mol. The van der Waals surface area contributed by atoms with Gasteiger partial charge in [-0.25, -0.2) is 29.9 Å². The van der Waals surface area contributed by atoms with E-state index in [4.69, 9.17) is 43.2 Å². The summed E-state index contributed by atoms with van der Waals surface area (Å²) in [5.41, 5.74) is 25.9. The molecule has 0 N–H and O–H groups in total. The smallest absolute Gasteiger partial charge is 0.165 e. The Kier molecular flexibility index (Phi) is 16.9. The Morgan fingerprint density at radius 3 is 1.12 bits per heavy atom. The summed E-state index contributed by atoms with van der Waals surface area (Å²) in [6.07, 6.45) is 0. The first kappa shape index (κ1) is 72.1. The van der Waals surface area contributed by atoms with Crippen molar-refractivity contribution in [2.75, 3.05) is 0 Å². The van der Waals surface area contributed by atoms with E-state index >= 15 is 0 Å². The Hall–Kier alpha value is -16.8. The van der Waals surface area contributed by atoms with Gasteiger partial charge in [-0.05, 0) is 149 Å². The molecule has 0 radical (unpaired) electrons. The molecule has 0 aliphatic rings. The van der Waals surface area contributed by atoms with Crippen LogP contribution in [0.25, 0.3) is 254 Å². The number of hydrogen-bond donors (Lipinski definition) is 0. The lowest BCUT2D eigenvalue weighted by Crippen LogP contribution is -2.00. The van der Waals surface area contributed by atoms with Gasteiger partial charge in [0.15, 0.2) is 34.9 Å². The largest absolute Gasteiger partial charge is 0.456 e. The van der Waals surface area contributed by atoms with Crippen molar-refractivity contribution in [1.82, 2.24) is 39.0 Å². The van der Waals surface area contributed by atoms with Crippen LogP contribution >= 0.6 is 11.3 Å². The van der Waals surface area contributed by atoms with Crippen molar-refractivity contribution in [3.63, 3.8) is 0 Å². The first-order valence-electron chi connectivity index (χ1n) is 42.2. The van der Waals surface area contributed by atoms with Crippen LogP contribution in [0.2, 0.25) is 0 Å². The third-order valence-corrected chi connectivity index (χ3v) is 25.7. The number of nitrogens with zero attached hydrogens (tertiary/aromatic N) is 8. The number of para-hydroxylation sites is 3. The zero-order valence-corrected chi connectivity index (χ0v) is 68.3. The number of hydrogen-bond acceptors (Lipinski definition) is 10. The van der Waals surface area contributed by atoms with Gasteiger partial charge in [-0.2, -0.15) is 0 Å². The van der Waals surface area contributed by atoms with Gasteiger partial charge in [-0.3, -0.25) is 0 Å². The molecule has 0 amide bonds. The number of fused-ring (bicyclic) bond motifs is 18. The van der Waals surface area contributed by atoms with E-state index in [1.54, 1.807) is 11.3 Å². The molecule has 26 aromatic rings. The zero-order valence-electron chi connectivity index (χ0n) is 67.5. The average Bonchev–Trinajstić information content (AvgIpc) is 1.57. The molecule has 8 aromatic heterocycles. The van der Waals surface area contributed by atoms with E-state index in [1.165, 1.54) is 59.3 Å². The normalized spacial score (nSPS) is 11.8. The van der Waals surface area contributed by atoms with Crippen molar-refractivity contribution >= 4 is 141 Å². The Balaban J connectivity index is 0.000000137. The second-order valence-corrected chi connectivity index (χ2v) is 33.0. The maximum Gasteiger partial charge on any atom is 0.165 e. The summed E-state index contributed by atoms with van der Waals surface area (Å²) in [5, 5.41) is 13.4. The maximum atomic E-state index is 6.95. The quantitative estimate of drug-likeness (QED) is 0.117. The Morgan fingerprint density at radius 1 is 0.183 bits per heavy atom. The van der Waals surface area contributed by atoms with Gasteiger partial charge in [0.1, 0.15) is 33.5 Å². The average molecular weight is 1630 g/mol. The summed E-state index contributed by atoms with van der Waals surface area (Å²) >= 11 is 1.77. The molecule has 0 saturated carbocycles. The van der Waals surface area contributed by atoms with Gasteiger partial charge >= 0.3 is 0 Å². The van der Waals surface area contributed by atoms with Crippen LogP contribution in [-0.4, -0.2) is 39.0 Å². The minimum Gasteiger partial charge on any atom is -0.456 e. The molecule has 0 saturated heterocycles. The van der Waals surface area contributed by atoms with Crippen molar-refractivity contribution in [3.05, 3.63) is 413 Å². The molecular weight excluding hydrogens is 1560 g/mol. The zero-order chi connectivity index (χ0) is 82.9. The Labute approximate surface area is 725 Å². The van der Waals surface area contributed by atoms with E-state index in [0.29, 0.717) is 34.9 Å². The Morgan fingerprint density at radius 2 is 0.556 bits per heavy atom. The molecule has 0 unspecified atom stereocenters. The van der Waals surface area contributed by atoms with Gasteiger partial charge in [-0.15, -0.1) is 11.3 Å². The van der Waals surface area contributed by atoms with Crippen LogP contribution in [0.4, 0.5) is 0 Å². The molecule has 11 nitrogen and oxygen atoms in total. The van der Waals surface area contributed by atoms with Crippen LogP contribution in [0.3, 0.4) is 0 Å². The summed E-state index contributed by atoms with van der Waals surface area (Å²) in [5.74, 6) is 3.57. The molecule has 588 valence electrons. The van der Waals surface area contributed by atoms with Crippen LogP contribution < -0.4 is 0 Å². The SMILES string of the molecule is c1ccc(-c2ccc3c(c2)c2ccccc2n3-c2cc(-c3ccccc3)c3oc4cc(-c5nc(-c6ccccc6)nc(-c6cccc7c6sc6ccccc67)n5)ccc4c3c2)cc1.c1ccc(-c2ccc3c4ccccc4n(-c4cc(-c5ccccc5)c5oc6cc(-c7nc(-c8ccccc8)nc(-c8ccc9oc%10ccccc%10c9c8)n7)ccc6c5c4)c3c2)cc1. The van der Waals surface area contributed by atoms with E-state index < -0.39 is 0 Å². The lowest BCUT2D eigenvalue weighted by atomic mass is 10.0. The molecule has 0 fully saturated rings. The standard InChI is InChI=1S/C57H34N4O2.C57H34N4OS/c1-4-14-35(15-5-1)38-24-27-43-42-20-10-12-22-49(42)61(50(43)31-38)41-33-46(36-16-6-2-7-17-36)54-48(34-41)45-28-25-40(32-53(45)63-54)57-59-55(37-18-8-3-9-19-37)58-56(60-57)39-26-29-52-47(30-39)44-21-11-13-23-51(44)62-52;1-4-15-35(16-5-1)38-28-30-50-47(31-38)41-21-10-12-25-49(41)61(50)40-33-46(36-17-6-2-7-18-36)53-48(34-40)42-29-27-39(32-51(42)62-53)56-58-55(37-19-8-3-9-20-37)59-57(60-56)45-24-14-23-44-43-22-11-13-26-52(43)63-54(44)45/h2*1-34H. The molecule has 8 heterocycles. The topological polar surface area (TPSA) is 127 Å². The van der Waals surface area contributed by atoms with E-state index in [-0.39, 0.29) is 0 Å². The molecule has 18 aromatic carbocycles. The lowest BCUT2D eigenvalue weighted by Gasteiger charge is -2.12. The highest BCUT2D eigenvalue weighted by Gasteiger charge is 2.26. The number of thiophene rings is 1. The third-order valence-electron chi connectivity index (χ3n) is 24.5. The number of rotatable bonds is 12. The second kappa shape index (κ2) is 29.5. The molecule has 0 spiro atoms. The van der Waals surface area contributed by atoms with Crippen molar-refractivity contribution in [2.24, 2.45) is 0 Å². The Bertz CT molecular complexity index is 8840. The monoisotopic (exact) mass is 1630 g/mol. The molecule has 0 aliphatic carbocycles. The van der Waals surface area contributed by atoms with Gasteiger partial charge in [0, 0.05) is 130 Å². The van der Waals surface area contributed by atoms with E-state index in [2.05, 4.69) is 331 Å². The first-order valence-corrected chi connectivity index (χ1v) is 43.0. The fraction of sp³-hybridized carbons (Fsp3) is 0. The first-order chi connectivity index (χ1) is 62.4. The maximum absolute atomic E-state index is 6.95. The fourth-order valence-corrected chi connectivity index (χ4v) is 19.7. The highest BCUT2D eigenvalue weighted by Crippen LogP contribution is 2.47. The third kappa shape index (κ3) is 12.2. The highest BCUT2D eigenvalue weighted by molar-refractivity contribution is 7.26. The van der Waals surface area contributed by atoms with Crippen molar-refractivity contribution in [2.45, 2.75) is 0 Å². The van der Waals surface area contributed by atoms with Gasteiger partial charge in [0.05, 0.1) is 22.1 Å². The second-order valence-electron chi connectivity index (χ2n) is 31.9. The van der Waals surface area contributed by atoms with E-state index in [9.17, 15) is 0 Å². The molecule has 0 aliphatic heterocycles. The summed E-state index contributed by atoms with van der Waals surface area (Å²) in [7, 11) is 0. The summed E-state index contributed by atoms with van der Waals surface area (Å²) in [6.45, 7) is 0. The van der Waals surface area contributed by atoms with Gasteiger partial charge < -0.3 is 22.4 Å². The number of aromatic nitrogens is 8. The molecule has 0 bridgehead atoms. The van der Waals surface area contributed by atoms with Crippen LogP contribution in [0.15, 0.2) is 426 Å². The minimum absolute atomic E-state index is 0.557. The predicted octanol–water partition coefficient (Wildman–Crippen LogP) is 30.7.